The minimum atomic E-state index is -0.257. The van der Waals surface area contributed by atoms with Gasteiger partial charge in [0.2, 0.25) is 0 Å². The van der Waals surface area contributed by atoms with E-state index in [4.69, 9.17) is 9.26 Å². The van der Waals surface area contributed by atoms with Crippen LogP contribution in [0.3, 0.4) is 0 Å². The Labute approximate surface area is 186 Å². The summed E-state index contributed by atoms with van der Waals surface area (Å²) in [5.74, 6) is 1.23. The van der Waals surface area contributed by atoms with Gasteiger partial charge in [-0.2, -0.15) is 0 Å². The van der Waals surface area contributed by atoms with E-state index in [-0.39, 0.29) is 17.6 Å². The third kappa shape index (κ3) is 5.08. The second kappa shape index (κ2) is 10.00. The number of likely N-dealkylation sites (tertiary alicyclic amines) is 1. The topological polar surface area (TPSA) is 96.7 Å². The molecule has 1 aliphatic rings. The highest BCUT2D eigenvalue weighted by Crippen LogP contribution is 2.25. The van der Waals surface area contributed by atoms with Gasteiger partial charge in [0.15, 0.2) is 11.5 Å². The van der Waals surface area contributed by atoms with Crippen LogP contribution in [-0.2, 0) is 0 Å². The number of aromatic nitrogens is 1. The van der Waals surface area contributed by atoms with Gasteiger partial charge in [-0.1, -0.05) is 47.6 Å². The van der Waals surface area contributed by atoms with Crippen molar-refractivity contribution >= 4 is 17.6 Å². The number of nitrogens with one attached hydrogen (secondary N) is 2. The van der Waals surface area contributed by atoms with Crippen LogP contribution in [0.4, 0.5) is 10.5 Å². The first-order valence-electron chi connectivity index (χ1n) is 10.6. The van der Waals surface area contributed by atoms with Gasteiger partial charge in [0.1, 0.15) is 5.75 Å². The average Bonchev–Trinajstić information content (AvgIpc) is 3.34. The van der Waals surface area contributed by atoms with Gasteiger partial charge in [0, 0.05) is 31.3 Å². The largest absolute Gasteiger partial charge is 0.495 e. The normalized spacial score (nSPS) is 14.1. The first-order chi connectivity index (χ1) is 15.6. The summed E-state index contributed by atoms with van der Waals surface area (Å²) < 4.78 is 10.6. The molecular weight excluding hydrogens is 408 g/mol. The zero-order valence-electron chi connectivity index (χ0n) is 17.9. The summed E-state index contributed by atoms with van der Waals surface area (Å²) >= 11 is 0. The molecule has 1 fully saturated rings. The highest BCUT2D eigenvalue weighted by Gasteiger charge is 2.24. The number of carbonyl (C=O) groups excluding carboxylic acids is 2. The van der Waals surface area contributed by atoms with E-state index < -0.39 is 0 Å². The number of carbonyl (C=O) groups is 2. The van der Waals surface area contributed by atoms with Gasteiger partial charge in [-0.05, 0) is 30.9 Å². The minimum Gasteiger partial charge on any atom is -0.495 e. The van der Waals surface area contributed by atoms with E-state index in [1.54, 1.807) is 18.1 Å². The maximum absolute atomic E-state index is 12.6. The Hall–Kier alpha value is -3.81. The van der Waals surface area contributed by atoms with Crippen LogP contribution in [0.25, 0.3) is 11.3 Å². The second-order valence-electron chi connectivity index (χ2n) is 7.71. The summed E-state index contributed by atoms with van der Waals surface area (Å²) in [7, 11) is 1.58. The number of hydrogen-bond acceptors (Lipinski definition) is 5. The molecule has 166 valence electrons. The van der Waals surface area contributed by atoms with Crippen LogP contribution in [0.15, 0.2) is 65.2 Å². The van der Waals surface area contributed by atoms with E-state index in [9.17, 15) is 9.59 Å². The van der Waals surface area contributed by atoms with Crippen LogP contribution in [0.2, 0.25) is 0 Å². The zero-order chi connectivity index (χ0) is 22.3. The highest BCUT2D eigenvalue weighted by atomic mass is 16.5. The SMILES string of the molecule is COc1ccccc1NC(=O)N1CCC(CNC(=O)c2cc(-c3ccccc3)on2)CC1. The molecule has 8 nitrogen and oxygen atoms in total. The number of piperidine rings is 1. The first-order valence-corrected chi connectivity index (χ1v) is 10.6. The van der Waals surface area contributed by atoms with E-state index >= 15 is 0 Å². The molecule has 0 bridgehead atoms. The number of methoxy groups -OCH3 is 1. The number of ether oxygens (including phenoxy) is 1. The molecule has 32 heavy (non-hydrogen) atoms. The number of amides is 3. The number of urea groups is 1. The molecule has 3 aromatic rings. The molecule has 2 N–H and O–H groups in total. The molecule has 0 unspecified atom stereocenters. The van der Waals surface area contributed by atoms with Gasteiger partial charge in [0.25, 0.3) is 5.91 Å². The monoisotopic (exact) mass is 434 g/mol. The zero-order valence-corrected chi connectivity index (χ0v) is 17.9. The molecule has 1 saturated heterocycles. The number of anilines is 1. The summed E-state index contributed by atoms with van der Waals surface area (Å²) in [4.78, 5) is 26.8. The van der Waals surface area contributed by atoms with Crippen LogP contribution < -0.4 is 15.4 Å². The number of benzene rings is 2. The second-order valence-corrected chi connectivity index (χ2v) is 7.71. The Morgan fingerprint density at radius 1 is 1.09 bits per heavy atom. The lowest BCUT2D eigenvalue weighted by molar-refractivity contribution is 0.0930. The molecule has 0 atom stereocenters. The lowest BCUT2D eigenvalue weighted by atomic mass is 9.97. The molecule has 0 saturated carbocycles. The third-order valence-corrected chi connectivity index (χ3v) is 5.60. The Kier molecular flexibility index (Phi) is 6.69. The average molecular weight is 434 g/mol. The molecule has 2 heterocycles. The van der Waals surface area contributed by atoms with Crippen LogP contribution in [-0.4, -0.2) is 48.7 Å². The maximum Gasteiger partial charge on any atom is 0.321 e. The van der Waals surface area contributed by atoms with Crippen molar-refractivity contribution in [1.29, 1.82) is 0 Å². The van der Waals surface area contributed by atoms with Crippen LogP contribution in [0.1, 0.15) is 23.3 Å². The molecule has 1 aromatic heterocycles. The van der Waals surface area contributed by atoms with Crippen molar-refractivity contribution in [2.75, 3.05) is 32.1 Å². The van der Waals surface area contributed by atoms with E-state index in [0.29, 0.717) is 42.7 Å². The van der Waals surface area contributed by atoms with Gasteiger partial charge in [-0.15, -0.1) is 0 Å². The van der Waals surface area contributed by atoms with Crippen molar-refractivity contribution < 1.29 is 18.8 Å². The van der Waals surface area contributed by atoms with Crippen molar-refractivity contribution in [3.8, 4) is 17.1 Å². The first kappa shape index (κ1) is 21.4. The third-order valence-electron chi connectivity index (χ3n) is 5.60. The Bertz CT molecular complexity index is 1060. The van der Waals surface area contributed by atoms with Crippen molar-refractivity contribution in [3.05, 3.63) is 66.4 Å². The summed E-state index contributed by atoms with van der Waals surface area (Å²) in [6.45, 7) is 1.79. The minimum absolute atomic E-state index is 0.145. The molecule has 2 aromatic carbocycles. The van der Waals surface area contributed by atoms with E-state index in [2.05, 4.69) is 15.8 Å². The molecular formula is C24H26N4O4. The fourth-order valence-electron chi connectivity index (χ4n) is 3.73. The molecule has 0 radical (unpaired) electrons. The fourth-order valence-corrected chi connectivity index (χ4v) is 3.73. The lowest BCUT2D eigenvalue weighted by Crippen LogP contribution is -2.43. The lowest BCUT2D eigenvalue weighted by Gasteiger charge is -2.32. The standard InChI is InChI=1S/C24H26N4O4/c1-31-21-10-6-5-9-19(21)26-24(30)28-13-11-17(12-14-28)16-25-23(29)20-15-22(32-27-20)18-7-3-2-4-8-18/h2-10,15,17H,11-14,16H2,1H3,(H,25,29)(H,26,30). The number of rotatable bonds is 6. The van der Waals surface area contributed by atoms with Crippen LogP contribution >= 0.6 is 0 Å². The van der Waals surface area contributed by atoms with Crippen molar-refractivity contribution in [3.63, 3.8) is 0 Å². The van der Waals surface area contributed by atoms with Gasteiger partial charge in [-0.3, -0.25) is 4.79 Å². The summed E-state index contributed by atoms with van der Waals surface area (Å²) in [5.41, 5.74) is 1.78. The predicted octanol–water partition coefficient (Wildman–Crippen LogP) is 4.02. The predicted molar refractivity (Wildman–Crippen MR) is 121 cm³/mol. The van der Waals surface area contributed by atoms with Crippen LogP contribution in [0.5, 0.6) is 5.75 Å². The number of hydrogen-bond donors (Lipinski definition) is 2. The molecule has 4 rings (SSSR count). The van der Waals surface area contributed by atoms with E-state index in [1.165, 1.54) is 0 Å². The van der Waals surface area contributed by atoms with Crippen molar-refractivity contribution in [1.82, 2.24) is 15.4 Å². The molecule has 0 aliphatic carbocycles. The Balaban J connectivity index is 1.23. The van der Waals surface area contributed by atoms with Gasteiger partial charge in [0.05, 0.1) is 12.8 Å². The maximum atomic E-state index is 12.6. The van der Waals surface area contributed by atoms with Crippen LogP contribution in [0, 0.1) is 5.92 Å². The van der Waals surface area contributed by atoms with Crippen molar-refractivity contribution in [2.24, 2.45) is 5.92 Å². The molecule has 8 heteroatoms. The Morgan fingerprint density at radius 2 is 1.81 bits per heavy atom. The van der Waals surface area contributed by atoms with Crippen molar-refractivity contribution in [2.45, 2.75) is 12.8 Å². The summed E-state index contributed by atoms with van der Waals surface area (Å²) in [6, 6.07) is 18.4. The van der Waals surface area contributed by atoms with Gasteiger partial charge < -0.3 is 24.8 Å². The fraction of sp³-hybridized carbons (Fsp3) is 0.292. The highest BCUT2D eigenvalue weighted by molar-refractivity contribution is 5.93. The van der Waals surface area contributed by atoms with E-state index in [1.807, 2.05) is 54.6 Å². The Morgan fingerprint density at radius 3 is 2.56 bits per heavy atom. The molecule has 1 aliphatic heterocycles. The van der Waals surface area contributed by atoms with Gasteiger partial charge >= 0.3 is 6.03 Å². The summed E-state index contributed by atoms with van der Waals surface area (Å²) in [6.07, 6.45) is 1.63. The van der Waals surface area contributed by atoms with Gasteiger partial charge in [-0.25, -0.2) is 4.79 Å². The smallest absolute Gasteiger partial charge is 0.321 e. The quantitative estimate of drug-likeness (QED) is 0.611. The molecule has 0 spiro atoms. The molecule has 3 amide bonds. The van der Waals surface area contributed by atoms with E-state index in [0.717, 1.165) is 18.4 Å². The number of para-hydroxylation sites is 2. The number of nitrogens with zero attached hydrogens (tertiary/aromatic N) is 2. The summed E-state index contributed by atoms with van der Waals surface area (Å²) in [5, 5.41) is 9.73.